The molecule has 4 N–H and O–H groups in total. The molecule has 4 rings (SSSR count). The van der Waals surface area contributed by atoms with Gasteiger partial charge in [0.05, 0.1) is 6.04 Å². The highest BCUT2D eigenvalue weighted by atomic mass is 16.4. The molecule has 35 heavy (non-hydrogen) atoms. The van der Waals surface area contributed by atoms with Gasteiger partial charge in [0, 0.05) is 61.0 Å². The lowest BCUT2D eigenvalue weighted by Gasteiger charge is -2.44. The van der Waals surface area contributed by atoms with Crippen molar-refractivity contribution in [3.05, 3.63) is 53.8 Å². The minimum absolute atomic E-state index is 0.0281. The van der Waals surface area contributed by atoms with Crippen LogP contribution in [0.3, 0.4) is 0 Å². The third kappa shape index (κ3) is 5.92. The number of carboxylic acid groups (broad SMARTS) is 2. The van der Waals surface area contributed by atoms with Gasteiger partial charge in [0.2, 0.25) is 0 Å². The van der Waals surface area contributed by atoms with Gasteiger partial charge in [-0.15, -0.1) is 0 Å². The van der Waals surface area contributed by atoms with Crippen LogP contribution in [0, 0.1) is 0 Å². The van der Waals surface area contributed by atoms with Gasteiger partial charge in [-0.25, -0.2) is 14.4 Å². The highest BCUT2D eigenvalue weighted by Gasteiger charge is 2.36. The van der Waals surface area contributed by atoms with E-state index in [0.29, 0.717) is 24.2 Å². The number of aliphatic carboxylic acids is 2. The van der Waals surface area contributed by atoms with Crippen LogP contribution in [0.1, 0.15) is 38.8 Å². The Morgan fingerprint density at radius 2 is 1.83 bits per heavy atom. The van der Waals surface area contributed by atoms with Gasteiger partial charge in [0.15, 0.2) is 0 Å². The van der Waals surface area contributed by atoms with Crippen molar-refractivity contribution in [2.24, 2.45) is 0 Å². The number of aromatic nitrogens is 1. The molecule has 2 atom stereocenters. The zero-order chi connectivity index (χ0) is 25.7. The van der Waals surface area contributed by atoms with E-state index >= 15 is 0 Å². The Morgan fingerprint density at radius 3 is 2.40 bits per heavy atom. The molecule has 0 spiro atoms. The van der Waals surface area contributed by atoms with Gasteiger partial charge in [-0.05, 0) is 56.9 Å². The number of benzene rings is 1. The van der Waals surface area contributed by atoms with Crippen LogP contribution in [-0.2, 0) is 16.0 Å². The van der Waals surface area contributed by atoms with E-state index in [-0.39, 0.29) is 12.1 Å². The van der Waals surface area contributed by atoms with E-state index in [1.165, 1.54) is 27.6 Å². The molecule has 2 amide bonds. The van der Waals surface area contributed by atoms with Crippen molar-refractivity contribution in [2.45, 2.75) is 52.2 Å². The summed E-state index contributed by atoms with van der Waals surface area (Å²) in [7, 11) is 0. The van der Waals surface area contributed by atoms with Crippen molar-refractivity contribution in [3.63, 3.8) is 0 Å². The second kappa shape index (κ2) is 11.2. The third-order valence-electron chi connectivity index (χ3n) is 6.45. The van der Waals surface area contributed by atoms with E-state index in [0.717, 1.165) is 26.1 Å². The van der Waals surface area contributed by atoms with Gasteiger partial charge in [0.1, 0.15) is 0 Å². The Labute approximate surface area is 205 Å². The summed E-state index contributed by atoms with van der Waals surface area (Å²) in [5.41, 5.74) is 5.27. The van der Waals surface area contributed by atoms with Gasteiger partial charge in [-0.3, -0.25) is 4.90 Å². The fourth-order valence-corrected chi connectivity index (χ4v) is 4.84. The predicted octanol–water partition coefficient (Wildman–Crippen LogP) is 3.33. The maximum absolute atomic E-state index is 12.6. The molecule has 2 aliphatic rings. The Kier molecular flexibility index (Phi) is 8.34. The number of urea groups is 1. The normalized spacial score (nSPS) is 19.1. The van der Waals surface area contributed by atoms with Crippen LogP contribution in [0.2, 0.25) is 0 Å². The van der Waals surface area contributed by atoms with Crippen LogP contribution in [0.25, 0.3) is 16.5 Å². The predicted molar refractivity (Wildman–Crippen MR) is 135 cm³/mol. The lowest BCUT2D eigenvalue weighted by Crippen LogP contribution is -2.55. The summed E-state index contributed by atoms with van der Waals surface area (Å²) in [6.07, 6.45) is 6.61. The standard InChI is InChI=1S/C22H30N4O.C4H4O4/c1-5-25(6-2)22(27)24-16-11-18-17-8-7-9-19-21(17)15(12-23-19)10-20(18)26(13-16)14(3)4;5-3(6)1-2-4(7)8/h7-9,11-12,14,16,20,23H,5-6,10,13H2,1-4H3,(H,24,27);1-2H,(H,5,6)(H,7,8)/b;2-1-/t16-,20+;/m0./s1. The van der Waals surface area contributed by atoms with E-state index in [1.807, 2.05) is 18.7 Å². The molecule has 9 heteroatoms. The number of carbonyl (C=O) groups is 3. The highest BCUT2D eigenvalue weighted by molar-refractivity contribution is 5.98. The zero-order valence-corrected chi connectivity index (χ0v) is 20.6. The van der Waals surface area contributed by atoms with Crippen LogP contribution in [0.4, 0.5) is 4.79 Å². The van der Waals surface area contributed by atoms with E-state index in [1.54, 1.807) is 0 Å². The lowest BCUT2D eigenvalue weighted by atomic mass is 9.80. The number of fused-ring (bicyclic) bond motifs is 2. The molecule has 1 aromatic heterocycles. The van der Waals surface area contributed by atoms with Crippen LogP contribution in [-0.4, -0.2) is 80.7 Å². The SMILES string of the molecule is CCN(CC)C(=O)N[C@H]1C=C2c3cccc4[nH]cc(c34)C[C@H]2N(C(C)C)C1.O=C(O)/C=C\C(=O)O. The fourth-order valence-electron chi connectivity index (χ4n) is 4.84. The Bertz CT molecular complexity index is 1130. The molecule has 2 aromatic rings. The summed E-state index contributed by atoms with van der Waals surface area (Å²) in [5, 5.41) is 20.2. The molecule has 0 radical (unpaired) electrons. The van der Waals surface area contributed by atoms with Crippen molar-refractivity contribution in [1.29, 1.82) is 0 Å². The van der Waals surface area contributed by atoms with Crippen LogP contribution in [0.15, 0.2) is 42.6 Å². The minimum Gasteiger partial charge on any atom is -0.478 e. The number of H-pyrrole nitrogens is 1. The summed E-state index contributed by atoms with van der Waals surface area (Å²) < 4.78 is 0. The minimum atomic E-state index is -1.26. The van der Waals surface area contributed by atoms with E-state index in [4.69, 9.17) is 10.2 Å². The van der Waals surface area contributed by atoms with Crippen LogP contribution >= 0.6 is 0 Å². The molecule has 1 aliphatic heterocycles. The molecule has 0 bridgehead atoms. The van der Waals surface area contributed by atoms with Gasteiger partial charge >= 0.3 is 18.0 Å². The topological polar surface area (TPSA) is 126 Å². The number of amides is 2. The molecule has 1 aromatic carbocycles. The number of hydrogen-bond acceptors (Lipinski definition) is 4. The first-order chi connectivity index (χ1) is 16.7. The number of aromatic amines is 1. The summed E-state index contributed by atoms with van der Waals surface area (Å²) in [4.78, 5) is 39.5. The number of hydrogen-bond donors (Lipinski definition) is 4. The molecule has 1 aliphatic carbocycles. The quantitative estimate of drug-likeness (QED) is 0.468. The van der Waals surface area contributed by atoms with Crippen molar-refractivity contribution >= 4 is 34.4 Å². The van der Waals surface area contributed by atoms with Crippen LogP contribution in [0.5, 0.6) is 0 Å². The molecule has 0 unspecified atom stereocenters. The molecular formula is C26H34N4O5. The highest BCUT2D eigenvalue weighted by Crippen LogP contribution is 2.40. The van der Waals surface area contributed by atoms with Crippen molar-refractivity contribution in [1.82, 2.24) is 20.1 Å². The molecular weight excluding hydrogens is 448 g/mol. The second-order valence-corrected chi connectivity index (χ2v) is 8.91. The van der Waals surface area contributed by atoms with Gasteiger partial charge < -0.3 is 25.4 Å². The average Bonchev–Trinajstić information content (AvgIpc) is 3.23. The van der Waals surface area contributed by atoms with Gasteiger partial charge in [-0.1, -0.05) is 18.2 Å². The fraction of sp³-hybridized carbons (Fsp3) is 0.423. The molecule has 0 saturated carbocycles. The number of nitrogens with one attached hydrogen (secondary N) is 2. The lowest BCUT2D eigenvalue weighted by molar-refractivity contribution is -0.134. The van der Waals surface area contributed by atoms with E-state index < -0.39 is 11.9 Å². The van der Waals surface area contributed by atoms with Crippen molar-refractivity contribution in [3.8, 4) is 0 Å². The number of carboxylic acids is 2. The first-order valence-corrected chi connectivity index (χ1v) is 11.9. The largest absolute Gasteiger partial charge is 0.478 e. The first kappa shape index (κ1) is 26.0. The molecule has 0 fully saturated rings. The van der Waals surface area contributed by atoms with Crippen LogP contribution < -0.4 is 5.32 Å². The summed E-state index contributed by atoms with van der Waals surface area (Å²) in [6.45, 7) is 10.9. The van der Waals surface area contributed by atoms with Crippen molar-refractivity contribution < 1.29 is 24.6 Å². The molecule has 0 saturated heterocycles. The third-order valence-corrected chi connectivity index (χ3v) is 6.45. The van der Waals surface area contributed by atoms with Gasteiger partial charge in [0.25, 0.3) is 0 Å². The van der Waals surface area contributed by atoms with Gasteiger partial charge in [-0.2, -0.15) is 0 Å². The average molecular weight is 483 g/mol. The Morgan fingerprint density at radius 1 is 1.17 bits per heavy atom. The second-order valence-electron chi connectivity index (χ2n) is 8.91. The molecule has 188 valence electrons. The summed E-state index contributed by atoms with van der Waals surface area (Å²) in [5.74, 6) is -2.51. The van der Waals surface area contributed by atoms with Crippen molar-refractivity contribution in [2.75, 3.05) is 19.6 Å². The van der Waals surface area contributed by atoms with E-state index in [9.17, 15) is 14.4 Å². The first-order valence-electron chi connectivity index (χ1n) is 11.9. The maximum Gasteiger partial charge on any atom is 0.328 e. The summed E-state index contributed by atoms with van der Waals surface area (Å²) in [6, 6.07) is 7.35. The number of carbonyl (C=O) groups excluding carboxylic acids is 1. The van der Waals surface area contributed by atoms with E-state index in [2.05, 4.69) is 59.5 Å². The maximum atomic E-state index is 12.6. The summed E-state index contributed by atoms with van der Waals surface area (Å²) >= 11 is 0. The number of nitrogens with zero attached hydrogens (tertiary/aromatic N) is 2. The zero-order valence-electron chi connectivity index (χ0n) is 20.6. The Balaban J connectivity index is 0.000000371. The molecule has 9 nitrogen and oxygen atoms in total. The smallest absolute Gasteiger partial charge is 0.328 e. The monoisotopic (exact) mass is 482 g/mol. The Hall–Kier alpha value is -3.59. The molecule has 2 heterocycles. The number of rotatable bonds is 6.